The molecule has 0 spiro atoms. The molecule has 2 nitrogen and oxygen atoms in total. The lowest BCUT2D eigenvalue weighted by molar-refractivity contribution is 0.280. The summed E-state index contributed by atoms with van der Waals surface area (Å²) in [5, 5.41) is 3.49. The summed E-state index contributed by atoms with van der Waals surface area (Å²) in [6, 6.07) is 4.92. The average Bonchev–Trinajstić information content (AvgIpc) is 2.32. The molecule has 1 aromatic carbocycles. The third kappa shape index (κ3) is 5.02. The summed E-state index contributed by atoms with van der Waals surface area (Å²) in [5.74, 6) is -0.355. The SMILES string of the molecule is CCNCCN(CC)Cc1ccc(F)c(Cl)c1. The molecular weight excluding hydrogens is 239 g/mol. The number of hydrogen-bond acceptors (Lipinski definition) is 2. The van der Waals surface area contributed by atoms with Crippen LogP contribution in [0.25, 0.3) is 0 Å². The van der Waals surface area contributed by atoms with Gasteiger partial charge in [0.05, 0.1) is 5.02 Å². The second-order valence-corrected chi connectivity index (χ2v) is 4.38. The number of likely N-dealkylation sites (N-methyl/N-ethyl adjacent to an activating group) is 2. The predicted molar refractivity (Wildman–Crippen MR) is 70.9 cm³/mol. The Morgan fingerprint density at radius 2 is 2.12 bits per heavy atom. The highest BCUT2D eigenvalue weighted by atomic mass is 35.5. The second-order valence-electron chi connectivity index (χ2n) is 3.97. The van der Waals surface area contributed by atoms with Crippen LogP contribution >= 0.6 is 11.6 Å². The van der Waals surface area contributed by atoms with Crippen LogP contribution in [0.5, 0.6) is 0 Å². The summed E-state index contributed by atoms with van der Waals surface area (Å²) in [6.45, 7) is 8.94. The van der Waals surface area contributed by atoms with Gasteiger partial charge >= 0.3 is 0 Å². The molecule has 0 heterocycles. The smallest absolute Gasteiger partial charge is 0.141 e. The molecule has 0 radical (unpaired) electrons. The summed E-state index contributed by atoms with van der Waals surface area (Å²) in [7, 11) is 0. The van der Waals surface area contributed by atoms with Crippen LogP contribution in [0.2, 0.25) is 5.02 Å². The van der Waals surface area contributed by atoms with Crippen molar-refractivity contribution in [2.75, 3.05) is 26.2 Å². The molecule has 0 aliphatic rings. The Balaban J connectivity index is 2.51. The van der Waals surface area contributed by atoms with Gasteiger partial charge in [0.25, 0.3) is 0 Å². The van der Waals surface area contributed by atoms with Gasteiger partial charge in [-0.15, -0.1) is 0 Å². The zero-order valence-corrected chi connectivity index (χ0v) is 11.2. The summed E-state index contributed by atoms with van der Waals surface area (Å²) >= 11 is 5.76. The summed E-state index contributed by atoms with van der Waals surface area (Å²) in [4.78, 5) is 2.30. The van der Waals surface area contributed by atoms with Crippen molar-refractivity contribution in [3.8, 4) is 0 Å². The molecule has 0 bridgehead atoms. The number of rotatable bonds is 7. The van der Waals surface area contributed by atoms with E-state index in [0.29, 0.717) is 0 Å². The van der Waals surface area contributed by atoms with E-state index in [1.165, 1.54) is 6.07 Å². The van der Waals surface area contributed by atoms with Gasteiger partial charge in [0.2, 0.25) is 0 Å². The number of halogens is 2. The van der Waals surface area contributed by atoms with Gasteiger partial charge in [-0.3, -0.25) is 4.90 Å². The summed E-state index contributed by atoms with van der Waals surface area (Å²) in [6.07, 6.45) is 0. The predicted octanol–water partition coefficient (Wildman–Crippen LogP) is 2.91. The third-order valence-corrected chi connectivity index (χ3v) is 2.98. The number of nitrogens with one attached hydrogen (secondary N) is 1. The van der Waals surface area contributed by atoms with Crippen LogP contribution in [0, 0.1) is 5.82 Å². The molecule has 0 unspecified atom stereocenters. The molecule has 1 aromatic rings. The highest BCUT2D eigenvalue weighted by Crippen LogP contribution is 2.17. The van der Waals surface area contributed by atoms with E-state index in [9.17, 15) is 4.39 Å². The Hall–Kier alpha value is -0.640. The number of hydrogen-bond donors (Lipinski definition) is 1. The van der Waals surface area contributed by atoms with E-state index in [1.54, 1.807) is 12.1 Å². The Labute approximate surface area is 108 Å². The van der Waals surface area contributed by atoms with Crippen LogP contribution in [0.4, 0.5) is 4.39 Å². The van der Waals surface area contributed by atoms with Crippen molar-refractivity contribution < 1.29 is 4.39 Å². The highest BCUT2D eigenvalue weighted by Gasteiger charge is 2.05. The van der Waals surface area contributed by atoms with Crippen molar-refractivity contribution in [2.24, 2.45) is 0 Å². The van der Waals surface area contributed by atoms with Crippen LogP contribution in [0.1, 0.15) is 19.4 Å². The monoisotopic (exact) mass is 258 g/mol. The van der Waals surface area contributed by atoms with Gasteiger partial charge in [-0.2, -0.15) is 0 Å². The maximum atomic E-state index is 13.0. The van der Waals surface area contributed by atoms with Gasteiger partial charge in [-0.25, -0.2) is 4.39 Å². The van der Waals surface area contributed by atoms with E-state index < -0.39 is 0 Å². The van der Waals surface area contributed by atoms with Crippen molar-refractivity contribution >= 4 is 11.6 Å². The first-order valence-electron chi connectivity index (χ1n) is 6.04. The minimum absolute atomic E-state index is 0.199. The van der Waals surface area contributed by atoms with Gasteiger partial charge in [0.1, 0.15) is 5.82 Å². The molecule has 1 N–H and O–H groups in total. The molecule has 0 saturated heterocycles. The molecule has 0 atom stereocenters. The Morgan fingerprint density at radius 3 is 2.71 bits per heavy atom. The van der Waals surface area contributed by atoms with Crippen LogP contribution in [-0.4, -0.2) is 31.1 Å². The molecule has 0 saturated carbocycles. The van der Waals surface area contributed by atoms with Gasteiger partial charge in [-0.05, 0) is 30.8 Å². The minimum Gasteiger partial charge on any atom is -0.316 e. The fourth-order valence-electron chi connectivity index (χ4n) is 1.66. The Morgan fingerprint density at radius 1 is 1.35 bits per heavy atom. The van der Waals surface area contributed by atoms with Crippen molar-refractivity contribution in [3.05, 3.63) is 34.6 Å². The molecule has 4 heteroatoms. The van der Waals surface area contributed by atoms with Gasteiger partial charge < -0.3 is 5.32 Å². The lowest BCUT2D eigenvalue weighted by atomic mass is 10.2. The maximum Gasteiger partial charge on any atom is 0.141 e. The standard InChI is InChI=1S/C13H20ClFN2/c1-3-16-7-8-17(4-2)10-11-5-6-13(15)12(14)9-11/h5-6,9,16H,3-4,7-8,10H2,1-2H3. The zero-order chi connectivity index (χ0) is 12.7. The van der Waals surface area contributed by atoms with Crippen molar-refractivity contribution in [3.63, 3.8) is 0 Å². The van der Waals surface area contributed by atoms with E-state index in [-0.39, 0.29) is 10.8 Å². The van der Waals surface area contributed by atoms with E-state index in [0.717, 1.165) is 38.3 Å². The molecule has 96 valence electrons. The van der Waals surface area contributed by atoms with Crippen LogP contribution in [-0.2, 0) is 6.54 Å². The van der Waals surface area contributed by atoms with E-state index >= 15 is 0 Å². The largest absolute Gasteiger partial charge is 0.316 e. The van der Waals surface area contributed by atoms with Crippen molar-refractivity contribution in [2.45, 2.75) is 20.4 Å². The lowest BCUT2D eigenvalue weighted by Gasteiger charge is -2.20. The van der Waals surface area contributed by atoms with Gasteiger partial charge in [-0.1, -0.05) is 31.5 Å². The highest BCUT2D eigenvalue weighted by molar-refractivity contribution is 6.30. The Kier molecular flexibility index (Phi) is 6.48. The molecule has 17 heavy (non-hydrogen) atoms. The molecular formula is C13H20ClFN2. The molecule has 0 aromatic heterocycles. The lowest BCUT2D eigenvalue weighted by Crippen LogP contribution is -2.31. The molecule has 0 amide bonds. The molecule has 0 fully saturated rings. The van der Waals surface area contributed by atoms with Crippen LogP contribution in [0.3, 0.4) is 0 Å². The first-order valence-corrected chi connectivity index (χ1v) is 6.42. The topological polar surface area (TPSA) is 15.3 Å². The zero-order valence-electron chi connectivity index (χ0n) is 10.5. The summed E-state index contributed by atoms with van der Waals surface area (Å²) < 4.78 is 13.0. The third-order valence-electron chi connectivity index (χ3n) is 2.69. The number of benzene rings is 1. The fraction of sp³-hybridized carbons (Fsp3) is 0.538. The van der Waals surface area contributed by atoms with Crippen molar-refractivity contribution in [1.82, 2.24) is 10.2 Å². The van der Waals surface area contributed by atoms with E-state index in [1.807, 2.05) is 0 Å². The average molecular weight is 259 g/mol. The molecule has 0 aliphatic heterocycles. The van der Waals surface area contributed by atoms with Crippen LogP contribution in [0.15, 0.2) is 18.2 Å². The van der Waals surface area contributed by atoms with Gasteiger partial charge in [0.15, 0.2) is 0 Å². The first-order chi connectivity index (χ1) is 8.17. The minimum atomic E-state index is -0.355. The fourth-order valence-corrected chi connectivity index (χ4v) is 1.86. The maximum absolute atomic E-state index is 13.0. The first kappa shape index (κ1) is 14.4. The van der Waals surface area contributed by atoms with Crippen LogP contribution < -0.4 is 5.32 Å². The Bertz CT molecular complexity index is 344. The quantitative estimate of drug-likeness (QED) is 0.757. The number of nitrogens with zero attached hydrogens (tertiary/aromatic N) is 1. The molecule has 0 aliphatic carbocycles. The molecule has 1 rings (SSSR count). The van der Waals surface area contributed by atoms with Gasteiger partial charge in [0, 0.05) is 19.6 Å². The van der Waals surface area contributed by atoms with E-state index in [2.05, 4.69) is 24.1 Å². The second kappa shape index (κ2) is 7.64. The van der Waals surface area contributed by atoms with E-state index in [4.69, 9.17) is 11.6 Å². The summed E-state index contributed by atoms with van der Waals surface area (Å²) in [5.41, 5.74) is 1.05. The normalized spacial score (nSPS) is 11.1. The van der Waals surface area contributed by atoms with Crippen molar-refractivity contribution in [1.29, 1.82) is 0 Å².